The fraction of sp³-hybridized carbons (Fsp3) is 0.450. The highest BCUT2D eigenvalue weighted by Gasteiger charge is 2.17. The van der Waals surface area contributed by atoms with Crippen molar-refractivity contribution in [1.82, 2.24) is 4.98 Å². The first-order chi connectivity index (χ1) is 11.9. The Morgan fingerprint density at radius 2 is 1.72 bits per heavy atom. The van der Waals surface area contributed by atoms with Crippen LogP contribution >= 0.6 is 15.9 Å². The molecule has 0 unspecified atom stereocenters. The van der Waals surface area contributed by atoms with Crippen LogP contribution in [-0.2, 0) is 6.61 Å². The summed E-state index contributed by atoms with van der Waals surface area (Å²) in [5, 5.41) is 13.3. The molecule has 4 nitrogen and oxygen atoms in total. The van der Waals surface area contributed by atoms with Crippen molar-refractivity contribution in [1.29, 1.82) is 0 Å². The maximum absolute atomic E-state index is 9.94. The Balaban J connectivity index is 2.46. The van der Waals surface area contributed by atoms with Crippen LogP contribution < -0.4 is 10.1 Å². The number of hydrogen-bond donors (Lipinski definition) is 2. The van der Waals surface area contributed by atoms with E-state index < -0.39 is 0 Å². The highest BCUT2D eigenvalue weighted by Crippen LogP contribution is 2.33. The molecule has 2 N–H and O–H groups in total. The summed E-state index contributed by atoms with van der Waals surface area (Å²) in [5.74, 6) is 1.36. The minimum Gasteiger partial charge on any atom is -0.490 e. The third-order valence-electron chi connectivity index (χ3n) is 4.31. The minimum atomic E-state index is -0.125. The Morgan fingerprint density at radius 3 is 2.24 bits per heavy atom. The van der Waals surface area contributed by atoms with Gasteiger partial charge in [0.25, 0.3) is 0 Å². The first-order valence-electron chi connectivity index (χ1n) is 8.71. The topological polar surface area (TPSA) is 54.4 Å². The Morgan fingerprint density at radius 1 is 1.12 bits per heavy atom. The molecule has 5 heteroatoms. The van der Waals surface area contributed by atoms with Gasteiger partial charge in [0.05, 0.1) is 18.3 Å². The van der Waals surface area contributed by atoms with Gasteiger partial charge in [-0.3, -0.25) is 0 Å². The molecule has 0 amide bonds. The highest BCUT2D eigenvalue weighted by atomic mass is 79.9. The molecular formula is C20H27BrN2O2. The second-order valence-electron chi connectivity index (χ2n) is 6.34. The quantitative estimate of drug-likeness (QED) is 0.630. The van der Waals surface area contributed by atoms with Gasteiger partial charge in [-0.25, -0.2) is 4.98 Å². The molecule has 1 aromatic carbocycles. The molecule has 1 heterocycles. The number of nitrogens with one attached hydrogen (secondary N) is 1. The molecular weight excluding hydrogens is 380 g/mol. The van der Waals surface area contributed by atoms with Gasteiger partial charge in [0, 0.05) is 21.9 Å². The molecule has 0 aliphatic heterocycles. The largest absolute Gasteiger partial charge is 0.490 e. The number of hydrogen-bond acceptors (Lipinski definition) is 4. The summed E-state index contributed by atoms with van der Waals surface area (Å²) < 4.78 is 7.17. The normalized spacial score (nSPS) is 11.0. The number of halogens is 1. The van der Waals surface area contributed by atoms with E-state index in [1.807, 2.05) is 13.0 Å². The van der Waals surface area contributed by atoms with Crippen molar-refractivity contribution < 1.29 is 9.84 Å². The number of pyridine rings is 1. The SMILES string of the molecule is CCC(CC)Oc1cc(C)nc(Nc2c(C)cc(Br)cc2C)c1CO. The monoisotopic (exact) mass is 406 g/mol. The van der Waals surface area contributed by atoms with Gasteiger partial charge in [-0.15, -0.1) is 0 Å². The van der Waals surface area contributed by atoms with Crippen LogP contribution in [-0.4, -0.2) is 16.2 Å². The fourth-order valence-electron chi connectivity index (χ4n) is 2.89. The standard InChI is InChI=1S/C20H27BrN2O2/c1-6-16(7-2)25-18-10-14(5)22-20(17(18)11-24)23-19-12(3)8-15(21)9-13(19)4/h8-10,16,24H,6-7,11H2,1-5H3,(H,22,23). The van der Waals surface area contributed by atoms with Crippen molar-refractivity contribution in [2.45, 2.75) is 60.2 Å². The predicted molar refractivity (Wildman–Crippen MR) is 107 cm³/mol. The molecule has 2 aromatic rings. The molecule has 1 aromatic heterocycles. The minimum absolute atomic E-state index is 0.125. The van der Waals surface area contributed by atoms with Crippen molar-refractivity contribution in [2.24, 2.45) is 0 Å². The zero-order chi connectivity index (χ0) is 18.6. The lowest BCUT2D eigenvalue weighted by molar-refractivity contribution is 0.184. The second-order valence-corrected chi connectivity index (χ2v) is 7.26. The number of aryl methyl sites for hydroxylation is 3. The molecule has 0 aliphatic rings. The summed E-state index contributed by atoms with van der Waals surface area (Å²) >= 11 is 3.52. The molecule has 0 bridgehead atoms. The molecule has 0 aliphatic carbocycles. The van der Waals surface area contributed by atoms with E-state index in [1.165, 1.54) is 0 Å². The molecule has 25 heavy (non-hydrogen) atoms. The van der Waals surface area contributed by atoms with Gasteiger partial charge >= 0.3 is 0 Å². The molecule has 0 fully saturated rings. The first kappa shape index (κ1) is 19.7. The number of anilines is 2. The lowest BCUT2D eigenvalue weighted by Crippen LogP contribution is -2.16. The molecule has 0 saturated carbocycles. The van der Waals surface area contributed by atoms with Crippen LogP contribution in [0, 0.1) is 20.8 Å². The van der Waals surface area contributed by atoms with Gasteiger partial charge in [0.15, 0.2) is 0 Å². The van der Waals surface area contributed by atoms with Crippen LogP contribution in [0.15, 0.2) is 22.7 Å². The summed E-state index contributed by atoms with van der Waals surface area (Å²) in [6.45, 7) is 10.1. The van der Waals surface area contributed by atoms with Crippen LogP contribution in [0.4, 0.5) is 11.5 Å². The second kappa shape index (κ2) is 8.68. The maximum atomic E-state index is 9.94. The first-order valence-corrected chi connectivity index (χ1v) is 9.50. The number of rotatable bonds is 7. The van der Waals surface area contributed by atoms with E-state index in [-0.39, 0.29) is 12.7 Å². The van der Waals surface area contributed by atoms with Crippen molar-refractivity contribution in [3.8, 4) is 5.75 Å². The van der Waals surface area contributed by atoms with Crippen molar-refractivity contribution in [2.75, 3.05) is 5.32 Å². The highest BCUT2D eigenvalue weighted by molar-refractivity contribution is 9.10. The van der Waals surface area contributed by atoms with Gasteiger partial charge in [-0.05, 0) is 56.9 Å². The van der Waals surface area contributed by atoms with E-state index in [0.29, 0.717) is 17.1 Å². The average Bonchev–Trinajstić information content (AvgIpc) is 2.55. The van der Waals surface area contributed by atoms with Crippen LogP contribution in [0.1, 0.15) is 49.1 Å². The van der Waals surface area contributed by atoms with Crippen LogP contribution in [0.5, 0.6) is 5.75 Å². The van der Waals surface area contributed by atoms with Crippen molar-refractivity contribution in [3.05, 3.63) is 45.1 Å². The average molecular weight is 407 g/mol. The van der Waals surface area contributed by atoms with Crippen molar-refractivity contribution in [3.63, 3.8) is 0 Å². The van der Waals surface area contributed by atoms with Crippen LogP contribution in [0.2, 0.25) is 0 Å². The summed E-state index contributed by atoms with van der Waals surface area (Å²) in [6.07, 6.45) is 1.99. The molecule has 0 saturated heterocycles. The van der Waals surface area contributed by atoms with Crippen LogP contribution in [0.3, 0.4) is 0 Å². The zero-order valence-corrected chi connectivity index (χ0v) is 17.2. The van der Waals surface area contributed by atoms with E-state index in [9.17, 15) is 5.11 Å². The Kier molecular flexibility index (Phi) is 6.85. The smallest absolute Gasteiger partial charge is 0.139 e. The summed E-state index contributed by atoms with van der Waals surface area (Å²) in [4.78, 5) is 4.60. The fourth-order valence-corrected chi connectivity index (χ4v) is 3.58. The zero-order valence-electron chi connectivity index (χ0n) is 15.6. The molecule has 0 radical (unpaired) electrons. The Bertz CT molecular complexity index is 720. The molecule has 0 spiro atoms. The van der Waals surface area contributed by atoms with E-state index in [0.717, 1.165) is 39.8 Å². The van der Waals surface area contributed by atoms with E-state index in [4.69, 9.17) is 4.74 Å². The predicted octanol–water partition coefficient (Wildman–Crippen LogP) is 5.57. The molecule has 0 atom stereocenters. The lowest BCUT2D eigenvalue weighted by Gasteiger charge is -2.21. The molecule has 2 rings (SSSR count). The van der Waals surface area contributed by atoms with Gasteiger partial charge in [-0.1, -0.05) is 29.8 Å². The number of aliphatic hydroxyl groups excluding tert-OH is 1. The molecule has 136 valence electrons. The third kappa shape index (κ3) is 4.73. The number of nitrogens with zero attached hydrogens (tertiary/aromatic N) is 1. The number of ether oxygens (including phenoxy) is 1. The maximum Gasteiger partial charge on any atom is 0.139 e. The van der Waals surface area contributed by atoms with E-state index in [2.05, 4.69) is 66.1 Å². The number of aromatic nitrogens is 1. The third-order valence-corrected chi connectivity index (χ3v) is 4.77. The lowest BCUT2D eigenvalue weighted by atomic mass is 10.1. The Labute approximate surface area is 158 Å². The van der Waals surface area contributed by atoms with Crippen LogP contribution in [0.25, 0.3) is 0 Å². The number of aliphatic hydroxyl groups is 1. The van der Waals surface area contributed by atoms with Gasteiger partial charge in [0.1, 0.15) is 11.6 Å². The van der Waals surface area contributed by atoms with E-state index >= 15 is 0 Å². The summed E-state index contributed by atoms with van der Waals surface area (Å²) in [6, 6.07) is 6.02. The van der Waals surface area contributed by atoms with Gasteiger partial charge in [-0.2, -0.15) is 0 Å². The summed E-state index contributed by atoms with van der Waals surface area (Å²) in [7, 11) is 0. The van der Waals surface area contributed by atoms with E-state index in [1.54, 1.807) is 0 Å². The number of benzene rings is 1. The summed E-state index contributed by atoms with van der Waals surface area (Å²) in [5.41, 5.74) is 4.78. The Hall–Kier alpha value is -1.59. The van der Waals surface area contributed by atoms with Gasteiger partial charge in [0.2, 0.25) is 0 Å². The van der Waals surface area contributed by atoms with Crippen molar-refractivity contribution >= 4 is 27.4 Å². The van der Waals surface area contributed by atoms with Gasteiger partial charge < -0.3 is 15.2 Å².